The number of nitrogens with one attached hydrogen (secondary N) is 1. The van der Waals surface area contributed by atoms with Gasteiger partial charge < -0.3 is 11.5 Å². The van der Waals surface area contributed by atoms with E-state index in [4.69, 9.17) is 0 Å². The lowest BCUT2D eigenvalue weighted by atomic mass is 9.93. The molecule has 2 nitrogen and oxygen atoms in total. The van der Waals surface area contributed by atoms with E-state index < -0.39 is 0 Å². The van der Waals surface area contributed by atoms with E-state index >= 15 is 0 Å². The monoisotopic (exact) mass is 434 g/mol. The summed E-state index contributed by atoms with van der Waals surface area (Å²) < 4.78 is 12.9. The van der Waals surface area contributed by atoms with Crippen molar-refractivity contribution >= 4 is 0 Å². The first-order valence-electron chi connectivity index (χ1n) is 12.2. The zero-order valence-corrected chi connectivity index (χ0v) is 21.2. The first kappa shape index (κ1) is 31.6. The second-order valence-electron chi connectivity index (χ2n) is 8.51. The molecule has 1 fully saturated rings. The van der Waals surface area contributed by atoms with E-state index in [9.17, 15) is 4.39 Å². The Hall–Kier alpha value is -1.61. The highest BCUT2D eigenvalue weighted by Crippen LogP contribution is 2.26. The van der Waals surface area contributed by atoms with Gasteiger partial charge in [0.1, 0.15) is 5.82 Å². The van der Waals surface area contributed by atoms with Crippen molar-refractivity contribution in [1.82, 2.24) is 11.5 Å². The van der Waals surface area contributed by atoms with Crippen LogP contribution in [0.1, 0.15) is 103 Å². The van der Waals surface area contributed by atoms with Crippen molar-refractivity contribution in [3.63, 3.8) is 0 Å². The van der Waals surface area contributed by atoms with Crippen LogP contribution in [0, 0.1) is 17.7 Å². The zero-order valence-electron chi connectivity index (χ0n) is 21.2. The Bertz CT molecular complexity index is 549. The summed E-state index contributed by atoms with van der Waals surface area (Å²) in [7, 11) is 1.93. The van der Waals surface area contributed by atoms with Crippen molar-refractivity contribution in [2.24, 2.45) is 11.8 Å². The lowest BCUT2D eigenvalue weighted by Crippen LogP contribution is -2.06. The van der Waals surface area contributed by atoms with Crippen molar-refractivity contribution < 1.29 is 4.39 Å². The van der Waals surface area contributed by atoms with Gasteiger partial charge in [0.05, 0.1) is 0 Å². The molecule has 1 aromatic rings. The molecule has 1 aromatic carbocycles. The largest absolute Gasteiger partial charge is 0.392 e. The molecule has 0 amide bonds. The minimum absolute atomic E-state index is 0. The highest BCUT2D eigenvalue weighted by molar-refractivity contribution is 5.19. The molecule has 0 aromatic heterocycles. The van der Waals surface area contributed by atoms with E-state index in [1.165, 1.54) is 56.9 Å². The molecule has 0 aliphatic heterocycles. The van der Waals surface area contributed by atoms with E-state index in [1.807, 2.05) is 33.0 Å². The quantitative estimate of drug-likeness (QED) is 0.240. The van der Waals surface area contributed by atoms with Gasteiger partial charge in [-0.25, -0.2) is 4.39 Å². The third-order valence-electron chi connectivity index (χ3n) is 5.77. The average molecular weight is 435 g/mol. The maximum Gasteiger partial charge on any atom is 0.123 e. The van der Waals surface area contributed by atoms with Crippen molar-refractivity contribution in [2.75, 3.05) is 7.05 Å². The number of halogens is 1. The number of hydrogen-bond donors (Lipinski definition) is 2. The van der Waals surface area contributed by atoms with Gasteiger partial charge in [-0.3, -0.25) is 0 Å². The third-order valence-corrected chi connectivity index (χ3v) is 5.77. The lowest BCUT2D eigenvalue weighted by molar-refractivity contribution is 0.486. The maximum absolute atomic E-state index is 12.9. The Morgan fingerprint density at radius 2 is 1.58 bits per heavy atom. The Balaban J connectivity index is 0. The topological polar surface area (TPSA) is 47.0 Å². The van der Waals surface area contributed by atoms with Gasteiger partial charge in [-0.1, -0.05) is 91.0 Å². The normalized spacial score (nSPS) is 13.9. The third kappa shape index (κ3) is 17.7. The van der Waals surface area contributed by atoms with Crippen molar-refractivity contribution in [1.29, 1.82) is 0 Å². The number of hydrogen-bond acceptors (Lipinski definition) is 2. The molecule has 1 aliphatic carbocycles. The molecule has 31 heavy (non-hydrogen) atoms. The van der Waals surface area contributed by atoms with Gasteiger partial charge in [0.2, 0.25) is 0 Å². The molecule has 0 spiro atoms. The summed E-state index contributed by atoms with van der Waals surface area (Å²) in [6.45, 7) is 16.5. The summed E-state index contributed by atoms with van der Waals surface area (Å²) in [5, 5.41) is 3.11. The summed E-state index contributed by atoms with van der Waals surface area (Å²) in [5.74, 6) is 2.05. The van der Waals surface area contributed by atoms with E-state index in [1.54, 1.807) is 12.1 Å². The van der Waals surface area contributed by atoms with Crippen LogP contribution in [0.5, 0.6) is 0 Å². The fraction of sp³-hybridized carbons (Fsp3) is 0.643. The summed E-state index contributed by atoms with van der Waals surface area (Å²) in [6, 6.07) is 6.94. The van der Waals surface area contributed by atoms with Crippen LogP contribution in [0.4, 0.5) is 4.39 Å². The number of unbranched alkanes of at least 4 members (excludes halogenated alkanes) is 3. The number of rotatable bonds is 13. The molecule has 0 saturated heterocycles. The number of allylic oxidation sites excluding steroid dienone is 2. The highest BCUT2D eigenvalue weighted by Gasteiger charge is 2.12. The van der Waals surface area contributed by atoms with Gasteiger partial charge in [0.25, 0.3) is 0 Å². The highest BCUT2D eigenvalue weighted by atomic mass is 19.1. The van der Waals surface area contributed by atoms with Gasteiger partial charge >= 0.3 is 0 Å². The van der Waals surface area contributed by atoms with E-state index in [2.05, 4.69) is 38.4 Å². The summed E-state index contributed by atoms with van der Waals surface area (Å²) >= 11 is 0. The molecule has 3 heteroatoms. The fourth-order valence-electron chi connectivity index (χ4n) is 3.20. The van der Waals surface area contributed by atoms with E-state index in [0.717, 1.165) is 24.5 Å². The van der Waals surface area contributed by atoms with Crippen LogP contribution < -0.4 is 11.5 Å². The van der Waals surface area contributed by atoms with Crippen LogP contribution in [-0.2, 0) is 0 Å². The minimum atomic E-state index is -0.152. The molecule has 4 N–H and O–H groups in total. The Morgan fingerprint density at radius 1 is 1.06 bits per heavy atom. The van der Waals surface area contributed by atoms with Gasteiger partial charge in [0.15, 0.2) is 0 Å². The molecule has 0 bridgehead atoms. The number of benzene rings is 1. The van der Waals surface area contributed by atoms with Crippen LogP contribution in [0.2, 0.25) is 0 Å². The second-order valence-corrected chi connectivity index (χ2v) is 8.51. The van der Waals surface area contributed by atoms with Gasteiger partial charge in [-0.05, 0) is 61.1 Å². The molecule has 0 radical (unpaired) electrons. The fourth-order valence-corrected chi connectivity index (χ4v) is 3.20. The molecule has 2 unspecified atom stereocenters. The van der Waals surface area contributed by atoms with Gasteiger partial charge in [-0.15, -0.1) is 6.58 Å². The standard InChI is InChI=1S/C22H34FN.C4H8.C2H6.H3N/c1-5-20(13-12-19(3)24-4)11-9-7-6-8-10-18(2)21-14-16-22(23)17-15-21;1-4-2-3-4;1-2;/h5,14-18,20,24H,1,3,6-13H2,2,4H3;4H,2-3H2,1H3;1-2H3;1H3. The van der Waals surface area contributed by atoms with Gasteiger partial charge in [-0.2, -0.15) is 0 Å². The van der Waals surface area contributed by atoms with Gasteiger partial charge in [0, 0.05) is 12.7 Å². The van der Waals surface area contributed by atoms with Crippen LogP contribution in [0.3, 0.4) is 0 Å². The van der Waals surface area contributed by atoms with Crippen molar-refractivity contribution in [3.8, 4) is 0 Å². The minimum Gasteiger partial charge on any atom is -0.392 e. The first-order chi connectivity index (χ1) is 14.5. The first-order valence-corrected chi connectivity index (χ1v) is 12.2. The predicted molar refractivity (Wildman–Crippen MR) is 138 cm³/mol. The summed E-state index contributed by atoms with van der Waals surface area (Å²) in [5.41, 5.74) is 2.35. The van der Waals surface area contributed by atoms with Crippen LogP contribution in [0.15, 0.2) is 49.2 Å². The Kier molecular flexibility index (Phi) is 20.7. The molecule has 2 rings (SSSR count). The second kappa shape index (κ2) is 20.3. The van der Waals surface area contributed by atoms with E-state index in [0.29, 0.717) is 11.8 Å². The molecule has 2 atom stereocenters. The zero-order chi connectivity index (χ0) is 22.8. The van der Waals surface area contributed by atoms with E-state index in [-0.39, 0.29) is 12.0 Å². The van der Waals surface area contributed by atoms with Crippen LogP contribution >= 0.6 is 0 Å². The maximum atomic E-state index is 12.9. The molecule has 1 saturated carbocycles. The lowest BCUT2D eigenvalue weighted by Gasteiger charge is -2.14. The van der Waals surface area contributed by atoms with Crippen LogP contribution in [-0.4, -0.2) is 7.05 Å². The summed E-state index contributed by atoms with van der Waals surface area (Å²) in [6.07, 6.45) is 14.7. The average Bonchev–Trinajstić information content (AvgIpc) is 3.56. The molecule has 180 valence electrons. The molecular weight excluding hydrogens is 383 g/mol. The van der Waals surface area contributed by atoms with Crippen molar-refractivity contribution in [2.45, 2.75) is 97.8 Å². The smallest absolute Gasteiger partial charge is 0.123 e. The Morgan fingerprint density at radius 3 is 2.03 bits per heavy atom. The molecular formula is C28H51FN2. The Labute approximate surface area is 193 Å². The van der Waals surface area contributed by atoms with Crippen molar-refractivity contribution in [3.05, 3.63) is 60.6 Å². The summed E-state index contributed by atoms with van der Waals surface area (Å²) in [4.78, 5) is 0. The van der Waals surface area contributed by atoms with Crippen LogP contribution in [0.25, 0.3) is 0 Å². The SMILES string of the molecule is C=CC(CCCCCCC(C)c1ccc(F)cc1)CCC(=C)NC.CC.CC1CC1.N. The molecule has 0 heterocycles. The predicted octanol–water partition coefficient (Wildman–Crippen LogP) is 9.19. The molecule has 1 aliphatic rings.